The van der Waals surface area contributed by atoms with E-state index in [0.717, 1.165) is 11.3 Å². The average molecular weight is 440 g/mol. The fraction of sp³-hybridized carbons (Fsp3) is 0.333. The van der Waals surface area contributed by atoms with Crippen molar-refractivity contribution >= 4 is 34.7 Å². The highest BCUT2D eigenvalue weighted by Crippen LogP contribution is 2.33. The number of halogens is 4. The molecule has 0 bridgehead atoms. The molecule has 2 N–H and O–H groups in total. The first-order valence-corrected chi connectivity index (χ1v) is 9.74. The smallest absolute Gasteiger partial charge is 0.305 e. The summed E-state index contributed by atoms with van der Waals surface area (Å²) in [5.41, 5.74) is 1.92. The molecule has 1 aliphatic rings. The van der Waals surface area contributed by atoms with Crippen molar-refractivity contribution in [1.82, 2.24) is 25.4 Å². The molecular formula is C18H17Cl2F2N7. The Morgan fingerprint density at radius 1 is 1.21 bits per heavy atom. The first-order valence-electron chi connectivity index (χ1n) is 8.99. The molecule has 0 saturated heterocycles. The van der Waals surface area contributed by atoms with Crippen molar-refractivity contribution in [3.8, 4) is 11.5 Å². The number of hydrogen-bond donors (Lipinski definition) is 2. The van der Waals surface area contributed by atoms with Crippen LogP contribution in [0.1, 0.15) is 24.7 Å². The van der Waals surface area contributed by atoms with E-state index in [-0.39, 0.29) is 12.2 Å². The highest BCUT2D eigenvalue weighted by Gasteiger charge is 2.33. The Morgan fingerprint density at radius 3 is 2.83 bits per heavy atom. The summed E-state index contributed by atoms with van der Waals surface area (Å²) in [4.78, 5) is 5.98. The zero-order valence-electron chi connectivity index (χ0n) is 15.4. The van der Waals surface area contributed by atoms with Crippen LogP contribution in [0.2, 0.25) is 10.0 Å². The van der Waals surface area contributed by atoms with Gasteiger partial charge < -0.3 is 10.2 Å². The van der Waals surface area contributed by atoms with Crippen molar-refractivity contribution in [2.45, 2.75) is 25.8 Å². The molecule has 0 saturated carbocycles. The van der Waals surface area contributed by atoms with Crippen LogP contribution in [-0.2, 0) is 12.5 Å². The molecular weight excluding hydrogens is 423 g/mol. The Labute approximate surface area is 175 Å². The van der Waals surface area contributed by atoms with Gasteiger partial charge in [-0.1, -0.05) is 30.1 Å². The van der Waals surface area contributed by atoms with Crippen LogP contribution in [-0.4, -0.2) is 38.5 Å². The summed E-state index contributed by atoms with van der Waals surface area (Å²) < 4.78 is 27.7. The second-order valence-corrected chi connectivity index (χ2v) is 7.46. The molecule has 0 radical (unpaired) electrons. The zero-order chi connectivity index (χ0) is 20.6. The second kappa shape index (κ2) is 7.72. The molecule has 152 valence electrons. The SMILES string of the molecule is CCC(F)(F)c1nc(-c2cc3c(nn2)NCCN3Cc2cc(Cl)ccc2Cl)n[nH]1. The van der Waals surface area contributed by atoms with Gasteiger partial charge in [-0.25, -0.2) is 4.98 Å². The Hall–Kier alpha value is -2.52. The maximum Gasteiger partial charge on any atom is 0.305 e. The van der Waals surface area contributed by atoms with E-state index in [4.69, 9.17) is 23.2 Å². The zero-order valence-corrected chi connectivity index (χ0v) is 16.9. The Morgan fingerprint density at radius 2 is 2.03 bits per heavy atom. The normalized spacial score (nSPS) is 13.9. The number of alkyl halides is 2. The predicted molar refractivity (Wildman–Crippen MR) is 108 cm³/mol. The van der Waals surface area contributed by atoms with Gasteiger partial charge in [0.25, 0.3) is 0 Å². The van der Waals surface area contributed by atoms with Crippen molar-refractivity contribution in [1.29, 1.82) is 0 Å². The van der Waals surface area contributed by atoms with E-state index in [9.17, 15) is 8.78 Å². The van der Waals surface area contributed by atoms with Gasteiger partial charge in [-0.05, 0) is 29.8 Å². The van der Waals surface area contributed by atoms with Crippen molar-refractivity contribution in [2.75, 3.05) is 23.3 Å². The number of aromatic nitrogens is 5. The van der Waals surface area contributed by atoms with E-state index >= 15 is 0 Å². The van der Waals surface area contributed by atoms with Gasteiger partial charge in [0.05, 0.1) is 5.69 Å². The number of hydrogen-bond acceptors (Lipinski definition) is 6. The van der Waals surface area contributed by atoms with Gasteiger partial charge in [-0.2, -0.15) is 13.9 Å². The van der Waals surface area contributed by atoms with Gasteiger partial charge in [0.1, 0.15) is 5.69 Å². The van der Waals surface area contributed by atoms with E-state index in [1.165, 1.54) is 6.92 Å². The lowest BCUT2D eigenvalue weighted by atomic mass is 10.1. The standard InChI is InChI=1S/C18H17Cl2F2N7/c1-2-18(21,22)17-24-15(26-28-17)13-8-14-16(27-25-13)23-5-6-29(14)9-10-7-11(19)3-4-12(10)20/h3-4,7-8H,2,5-6,9H2,1H3,(H,23,27)(H,24,26,28). The maximum absolute atomic E-state index is 13.9. The van der Waals surface area contributed by atoms with Crippen LogP contribution in [0.4, 0.5) is 20.3 Å². The first-order chi connectivity index (χ1) is 13.9. The fourth-order valence-electron chi connectivity index (χ4n) is 3.03. The number of nitrogens with zero attached hydrogens (tertiary/aromatic N) is 5. The highest BCUT2D eigenvalue weighted by molar-refractivity contribution is 6.33. The molecule has 3 heterocycles. The van der Waals surface area contributed by atoms with E-state index in [2.05, 4.69) is 35.6 Å². The van der Waals surface area contributed by atoms with Crippen LogP contribution in [0.15, 0.2) is 24.3 Å². The van der Waals surface area contributed by atoms with Crippen LogP contribution in [0.25, 0.3) is 11.5 Å². The van der Waals surface area contributed by atoms with Gasteiger partial charge in [-0.3, -0.25) is 5.10 Å². The third kappa shape index (κ3) is 3.97. The van der Waals surface area contributed by atoms with Crippen molar-refractivity contribution < 1.29 is 8.78 Å². The second-order valence-electron chi connectivity index (χ2n) is 6.61. The quantitative estimate of drug-likeness (QED) is 0.608. The molecule has 0 atom stereocenters. The Balaban J connectivity index is 1.66. The topological polar surface area (TPSA) is 82.6 Å². The molecule has 7 nitrogen and oxygen atoms in total. The molecule has 0 fully saturated rings. The summed E-state index contributed by atoms with van der Waals surface area (Å²) in [6.45, 7) is 3.25. The molecule has 11 heteroatoms. The van der Waals surface area contributed by atoms with Crippen LogP contribution >= 0.6 is 23.2 Å². The van der Waals surface area contributed by atoms with Crippen LogP contribution < -0.4 is 10.2 Å². The van der Waals surface area contributed by atoms with E-state index in [0.29, 0.717) is 41.2 Å². The Kier molecular flexibility index (Phi) is 5.26. The summed E-state index contributed by atoms with van der Waals surface area (Å²) in [7, 11) is 0. The molecule has 0 spiro atoms. The molecule has 1 aliphatic heterocycles. The molecule has 0 amide bonds. The minimum Gasteiger partial charge on any atom is -0.365 e. The van der Waals surface area contributed by atoms with Crippen LogP contribution in [0.3, 0.4) is 0 Å². The number of anilines is 2. The molecule has 2 aromatic heterocycles. The highest BCUT2D eigenvalue weighted by atomic mass is 35.5. The van der Waals surface area contributed by atoms with E-state index in [1.54, 1.807) is 18.2 Å². The molecule has 3 aromatic rings. The summed E-state index contributed by atoms with van der Waals surface area (Å²) >= 11 is 12.4. The van der Waals surface area contributed by atoms with Gasteiger partial charge in [0.15, 0.2) is 11.6 Å². The molecule has 1 aromatic carbocycles. The molecule has 0 unspecified atom stereocenters. The molecule has 0 aliphatic carbocycles. The third-order valence-corrected chi connectivity index (χ3v) is 5.27. The molecule has 4 rings (SSSR count). The summed E-state index contributed by atoms with van der Waals surface area (Å²) in [6.07, 6.45) is -0.379. The lowest BCUT2D eigenvalue weighted by Crippen LogP contribution is -2.34. The number of nitrogens with one attached hydrogen (secondary N) is 2. The summed E-state index contributed by atoms with van der Waals surface area (Å²) in [5.74, 6) is -2.91. The number of fused-ring (bicyclic) bond motifs is 1. The minimum atomic E-state index is -3.08. The predicted octanol–water partition coefficient (Wildman–Crippen LogP) is 4.50. The Bertz CT molecular complexity index is 1040. The van der Waals surface area contributed by atoms with E-state index in [1.807, 2.05) is 6.07 Å². The first kappa shape index (κ1) is 19.8. The monoisotopic (exact) mass is 439 g/mol. The minimum absolute atomic E-state index is 0.0646. The van der Waals surface area contributed by atoms with Gasteiger partial charge in [-0.15, -0.1) is 10.2 Å². The van der Waals surface area contributed by atoms with Crippen LogP contribution in [0, 0.1) is 0 Å². The fourth-order valence-corrected chi connectivity index (χ4v) is 3.40. The van der Waals surface area contributed by atoms with Gasteiger partial charge >= 0.3 is 5.92 Å². The number of benzene rings is 1. The lowest BCUT2D eigenvalue weighted by molar-refractivity contribution is -0.0171. The van der Waals surface area contributed by atoms with Crippen molar-refractivity contribution in [3.05, 3.63) is 45.7 Å². The van der Waals surface area contributed by atoms with Crippen molar-refractivity contribution in [2.24, 2.45) is 0 Å². The van der Waals surface area contributed by atoms with Crippen LogP contribution in [0.5, 0.6) is 0 Å². The number of H-pyrrole nitrogens is 1. The summed E-state index contributed by atoms with van der Waals surface area (Å²) in [6, 6.07) is 7.02. The van der Waals surface area contributed by atoms with Gasteiger partial charge in [0, 0.05) is 36.1 Å². The maximum atomic E-state index is 13.9. The number of aromatic amines is 1. The van der Waals surface area contributed by atoms with Crippen molar-refractivity contribution in [3.63, 3.8) is 0 Å². The number of rotatable bonds is 5. The average Bonchev–Trinajstić information content (AvgIpc) is 3.22. The molecule has 29 heavy (non-hydrogen) atoms. The summed E-state index contributed by atoms with van der Waals surface area (Å²) in [5, 5.41) is 18.8. The van der Waals surface area contributed by atoms with E-state index < -0.39 is 11.7 Å². The third-order valence-electron chi connectivity index (χ3n) is 4.66. The van der Waals surface area contributed by atoms with Gasteiger partial charge in [0.2, 0.25) is 5.82 Å². The lowest BCUT2D eigenvalue weighted by Gasteiger charge is -2.31. The largest absolute Gasteiger partial charge is 0.365 e.